The number of aromatic amines is 1. The number of fused-ring (bicyclic) bond motifs is 1. The summed E-state index contributed by atoms with van der Waals surface area (Å²) < 4.78 is 12.0. The summed E-state index contributed by atoms with van der Waals surface area (Å²) in [7, 11) is 1.71. The van der Waals surface area contributed by atoms with Crippen molar-refractivity contribution in [3.8, 4) is 11.5 Å². The highest BCUT2D eigenvalue weighted by Gasteiger charge is 2.43. The molecule has 1 heterocycles. The molecular weight excluding hydrogens is 412 g/mol. The second-order valence-corrected chi connectivity index (χ2v) is 8.77. The summed E-state index contributed by atoms with van der Waals surface area (Å²) in [6, 6.07) is 13.6. The molecule has 0 radical (unpaired) electrons. The first kappa shape index (κ1) is 21.7. The van der Waals surface area contributed by atoms with Crippen LogP contribution in [0.2, 0.25) is 5.02 Å². The van der Waals surface area contributed by atoms with Crippen molar-refractivity contribution in [2.75, 3.05) is 7.11 Å². The molecule has 1 aromatic heterocycles. The molecular formula is C25H29ClN2O3. The third-order valence-corrected chi connectivity index (χ3v) is 7.03. The Morgan fingerprint density at radius 3 is 2.65 bits per heavy atom. The fourth-order valence-electron chi connectivity index (χ4n) is 4.97. The fourth-order valence-corrected chi connectivity index (χ4v) is 5.18. The maximum absolute atomic E-state index is 12.0. The van der Waals surface area contributed by atoms with Crippen molar-refractivity contribution in [3.63, 3.8) is 0 Å². The summed E-state index contributed by atoms with van der Waals surface area (Å²) in [4.78, 5) is 14.7. The molecule has 5 nitrogen and oxygen atoms in total. The van der Waals surface area contributed by atoms with Gasteiger partial charge in [0, 0.05) is 28.6 Å². The Morgan fingerprint density at radius 1 is 1.19 bits per heavy atom. The summed E-state index contributed by atoms with van der Waals surface area (Å²) in [5, 5.41) is 1.83. The number of rotatable bonds is 6. The van der Waals surface area contributed by atoms with Crippen molar-refractivity contribution >= 4 is 22.4 Å². The van der Waals surface area contributed by atoms with E-state index in [2.05, 4.69) is 24.0 Å². The zero-order valence-electron chi connectivity index (χ0n) is 18.0. The van der Waals surface area contributed by atoms with Gasteiger partial charge in [0.2, 0.25) is 0 Å². The maximum Gasteiger partial charge on any atom is 0.255 e. The molecule has 6 heteroatoms. The van der Waals surface area contributed by atoms with Crippen molar-refractivity contribution in [3.05, 3.63) is 69.6 Å². The van der Waals surface area contributed by atoms with Crippen LogP contribution >= 0.6 is 11.6 Å². The van der Waals surface area contributed by atoms with Crippen LogP contribution in [0.5, 0.6) is 11.5 Å². The van der Waals surface area contributed by atoms with Crippen molar-refractivity contribution in [2.45, 2.75) is 56.6 Å². The molecule has 1 atom stereocenters. The van der Waals surface area contributed by atoms with Gasteiger partial charge in [0.1, 0.15) is 11.5 Å². The van der Waals surface area contributed by atoms with Gasteiger partial charge in [-0.3, -0.25) is 4.79 Å². The van der Waals surface area contributed by atoms with Crippen LogP contribution in [0.15, 0.2) is 53.5 Å². The first-order chi connectivity index (χ1) is 15.0. The van der Waals surface area contributed by atoms with E-state index in [9.17, 15) is 4.79 Å². The molecule has 164 valence electrons. The fraction of sp³-hybridized carbons (Fsp3) is 0.400. The summed E-state index contributed by atoms with van der Waals surface area (Å²) >= 11 is 6.44. The number of nitrogens with one attached hydrogen (secondary N) is 1. The number of halogens is 1. The molecule has 0 amide bonds. The van der Waals surface area contributed by atoms with Crippen molar-refractivity contribution in [2.24, 2.45) is 5.73 Å². The molecule has 1 aliphatic rings. The van der Waals surface area contributed by atoms with Gasteiger partial charge in [-0.15, -0.1) is 0 Å². The van der Waals surface area contributed by atoms with Gasteiger partial charge in [0.15, 0.2) is 0 Å². The highest BCUT2D eigenvalue weighted by Crippen LogP contribution is 2.47. The Bertz CT molecular complexity index is 1120. The van der Waals surface area contributed by atoms with E-state index < -0.39 is 0 Å². The lowest BCUT2D eigenvalue weighted by molar-refractivity contribution is 0.102. The molecule has 2 aromatic carbocycles. The average Bonchev–Trinajstić information content (AvgIpc) is 2.80. The van der Waals surface area contributed by atoms with Crippen molar-refractivity contribution < 1.29 is 9.47 Å². The molecule has 1 aliphatic carbocycles. The van der Waals surface area contributed by atoms with Crippen LogP contribution in [0.4, 0.5) is 0 Å². The Balaban J connectivity index is 1.57. The Morgan fingerprint density at radius 2 is 1.94 bits per heavy atom. The number of aromatic nitrogens is 1. The highest BCUT2D eigenvalue weighted by atomic mass is 35.5. The minimum Gasteiger partial charge on any atom is -0.496 e. The molecule has 0 saturated heterocycles. The van der Waals surface area contributed by atoms with Gasteiger partial charge in [-0.1, -0.05) is 36.7 Å². The molecule has 3 N–H and O–H groups in total. The molecule has 1 saturated carbocycles. The van der Waals surface area contributed by atoms with E-state index in [4.69, 9.17) is 26.8 Å². The Kier molecular flexibility index (Phi) is 6.26. The lowest BCUT2D eigenvalue weighted by Gasteiger charge is -2.45. The SMILES string of the molecule is CC[C@H](N)C1(c2ccccc2OC)CCC(Oc2cc3cc[nH]c(=O)c3cc2Cl)CC1. The number of hydrogen-bond donors (Lipinski definition) is 2. The summed E-state index contributed by atoms with van der Waals surface area (Å²) in [6.45, 7) is 2.14. The van der Waals surface area contributed by atoms with Crippen LogP contribution in [0.25, 0.3) is 10.8 Å². The van der Waals surface area contributed by atoms with Gasteiger partial charge >= 0.3 is 0 Å². The summed E-state index contributed by atoms with van der Waals surface area (Å²) in [5.74, 6) is 1.52. The highest BCUT2D eigenvalue weighted by molar-refractivity contribution is 6.32. The zero-order chi connectivity index (χ0) is 22.0. The van der Waals surface area contributed by atoms with E-state index >= 15 is 0 Å². The van der Waals surface area contributed by atoms with Crippen LogP contribution in [0, 0.1) is 0 Å². The van der Waals surface area contributed by atoms with E-state index in [1.807, 2.05) is 24.3 Å². The lowest BCUT2D eigenvalue weighted by Crippen LogP contribution is -2.49. The van der Waals surface area contributed by atoms with Gasteiger partial charge < -0.3 is 20.2 Å². The Labute approximate surface area is 187 Å². The third-order valence-electron chi connectivity index (χ3n) is 6.74. The predicted octanol–water partition coefficient (Wildman–Crippen LogP) is 5.19. The Hall–Kier alpha value is -2.50. The van der Waals surface area contributed by atoms with Gasteiger partial charge in [-0.05, 0) is 61.8 Å². The first-order valence-electron chi connectivity index (χ1n) is 10.8. The number of para-hydroxylation sites is 1. The minimum absolute atomic E-state index is 0.0423. The largest absolute Gasteiger partial charge is 0.496 e. The van der Waals surface area contributed by atoms with Crippen LogP contribution in [-0.2, 0) is 5.41 Å². The summed E-state index contributed by atoms with van der Waals surface area (Å²) in [5.41, 5.74) is 7.58. The molecule has 1 fully saturated rings. The number of hydrogen-bond acceptors (Lipinski definition) is 4. The van der Waals surface area contributed by atoms with Gasteiger partial charge in [-0.25, -0.2) is 0 Å². The normalized spacial score (nSPS) is 22.3. The first-order valence-corrected chi connectivity index (χ1v) is 11.2. The van der Waals surface area contributed by atoms with Crippen LogP contribution in [0.1, 0.15) is 44.6 Å². The quantitative estimate of drug-likeness (QED) is 0.553. The number of pyridine rings is 1. The number of ether oxygens (including phenoxy) is 2. The molecule has 4 rings (SSSR count). The number of methoxy groups -OCH3 is 1. The van der Waals surface area contributed by atoms with Crippen LogP contribution in [0.3, 0.4) is 0 Å². The van der Waals surface area contributed by atoms with Crippen molar-refractivity contribution in [1.82, 2.24) is 4.98 Å². The number of nitrogens with two attached hydrogens (primary N) is 1. The van der Waals surface area contributed by atoms with E-state index in [-0.39, 0.29) is 23.1 Å². The number of H-pyrrole nitrogens is 1. The van der Waals surface area contributed by atoms with Crippen LogP contribution < -0.4 is 20.8 Å². The van der Waals surface area contributed by atoms with Crippen LogP contribution in [-0.4, -0.2) is 24.2 Å². The maximum atomic E-state index is 12.0. The topological polar surface area (TPSA) is 77.3 Å². The molecule has 0 aliphatic heterocycles. The molecule has 3 aromatic rings. The number of benzene rings is 2. The average molecular weight is 441 g/mol. The van der Waals surface area contributed by atoms with E-state index in [0.29, 0.717) is 16.2 Å². The van der Waals surface area contributed by atoms with Gasteiger partial charge in [0.25, 0.3) is 5.56 Å². The second-order valence-electron chi connectivity index (χ2n) is 8.37. The standard InChI is InChI=1S/C25H29ClN2O3/c1-3-23(27)25(19-6-4-5-7-21(19)30-2)11-8-17(9-12-25)31-22-14-16-10-13-28-24(29)18(16)15-20(22)26/h4-7,10,13-15,17,23H,3,8-9,11-12,27H2,1-2H3,(H,28,29)/t17?,23-,25?/m0/s1. The van der Waals surface area contributed by atoms with Gasteiger partial charge in [0.05, 0.1) is 18.2 Å². The lowest BCUT2D eigenvalue weighted by atomic mass is 9.63. The van der Waals surface area contributed by atoms with E-state index in [1.54, 1.807) is 19.4 Å². The van der Waals surface area contributed by atoms with Gasteiger partial charge in [-0.2, -0.15) is 0 Å². The molecule has 31 heavy (non-hydrogen) atoms. The van der Waals surface area contributed by atoms with E-state index in [1.165, 1.54) is 5.56 Å². The monoisotopic (exact) mass is 440 g/mol. The smallest absolute Gasteiger partial charge is 0.255 e. The summed E-state index contributed by atoms with van der Waals surface area (Å²) in [6.07, 6.45) is 6.15. The third kappa shape index (κ3) is 4.04. The van der Waals surface area contributed by atoms with Crippen molar-refractivity contribution in [1.29, 1.82) is 0 Å². The molecule has 0 unspecified atom stereocenters. The molecule has 0 bridgehead atoms. The van der Waals surface area contributed by atoms with E-state index in [0.717, 1.165) is 43.2 Å². The molecule has 0 spiro atoms. The zero-order valence-corrected chi connectivity index (χ0v) is 18.7. The minimum atomic E-state index is -0.154. The predicted molar refractivity (Wildman–Crippen MR) is 125 cm³/mol. The second kappa shape index (κ2) is 8.93.